The molecule has 0 bridgehead atoms. The van der Waals surface area contributed by atoms with E-state index in [9.17, 15) is 14.4 Å². The molecule has 0 saturated heterocycles. The van der Waals surface area contributed by atoms with Gasteiger partial charge in [-0.1, -0.05) is 15.9 Å². The monoisotopic (exact) mass is 428 g/mol. The van der Waals surface area contributed by atoms with E-state index in [4.69, 9.17) is 10.5 Å². The number of ether oxygens (including phenoxy) is 1. The van der Waals surface area contributed by atoms with Gasteiger partial charge in [0.15, 0.2) is 6.61 Å². The SMILES string of the molecule is NC(=O)COC(=O)c1sccc1NC(=O)CSc1ccc(Br)cc1. The van der Waals surface area contributed by atoms with Crippen LogP contribution in [-0.2, 0) is 14.3 Å². The Morgan fingerprint density at radius 1 is 1.21 bits per heavy atom. The molecule has 3 N–H and O–H groups in total. The molecule has 1 aromatic carbocycles. The van der Waals surface area contributed by atoms with Crippen molar-refractivity contribution in [3.05, 3.63) is 45.1 Å². The van der Waals surface area contributed by atoms with Crippen LogP contribution in [0.1, 0.15) is 9.67 Å². The van der Waals surface area contributed by atoms with E-state index >= 15 is 0 Å². The minimum Gasteiger partial charge on any atom is -0.451 e. The topological polar surface area (TPSA) is 98.5 Å². The number of carbonyl (C=O) groups is 3. The summed E-state index contributed by atoms with van der Waals surface area (Å²) in [4.78, 5) is 35.7. The number of hydrogen-bond acceptors (Lipinski definition) is 6. The molecule has 1 aromatic heterocycles. The molecule has 0 aliphatic carbocycles. The third-order valence-corrected chi connectivity index (χ3v) is 5.09. The van der Waals surface area contributed by atoms with Crippen molar-refractivity contribution in [3.8, 4) is 0 Å². The molecule has 0 atom stereocenters. The predicted octanol–water partition coefficient (Wildman–Crippen LogP) is 2.88. The van der Waals surface area contributed by atoms with Crippen LogP contribution in [0.25, 0.3) is 0 Å². The lowest BCUT2D eigenvalue weighted by atomic mass is 10.4. The molecule has 2 aromatic rings. The van der Waals surface area contributed by atoms with Gasteiger partial charge in [-0.3, -0.25) is 9.59 Å². The van der Waals surface area contributed by atoms with Crippen LogP contribution in [0.5, 0.6) is 0 Å². The van der Waals surface area contributed by atoms with Gasteiger partial charge in [-0.25, -0.2) is 4.79 Å². The van der Waals surface area contributed by atoms with Crippen LogP contribution < -0.4 is 11.1 Å². The first kappa shape index (κ1) is 18.5. The molecule has 9 heteroatoms. The largest absolute Gasteiger partial charge is 0.451 e. The summed E-state index contributed by atoms with van der Waals surface area (Å²) < 4.78 is 5.71. The molecule has 0 spiro atoms. The van der Waals surface area contributed by atoms with E-state index in [1.54, 1.807) is 11.4 Å². The zero-order valence-electron chi connectivity index (χ0n) is 12.3. The van der Waals surface area contributed by atoms with Crippen molar-refractivity contribution < 1.29 is 19.1 Å². The number of thioether (sulfide) groups is 1. The van der Waals surface area contributed by atoms with E-state index < -0.39 is 18.5 Å². The molecule has 0 saturated carbocycles. The van der Waals surface area contributed by atoms with Gasteiger partial charge < -0.3 is 15.8 Å². The molecule has 6 nitrogen and oxygen atoms in total. The van der Waals surface area contributed by atoms with Gasteiger partial charge >= 0.3 is 5.97 Å². The molecular weight excluding hydrogens is 416 g/mol. The van der Waals surface area contributed by atoms with Gasteiger partial charge in [0.25, 0.3) is 5.91 Å². The Morgan fingerprint density at radius 2 is 1.92 bits per heavy atom. The van der Waals surface area contributed by atoms with Crippen molar-refractivity contribution in [1.29, 1.82) is 0 Å². The highest BCUT2D eigenvalue weighted by Gasteiger charge is 2.17. The highest BCUT2D eigenvalue weighted by Crippen LogP contribution is 2.25. The second-order valence-corrected chi connectivity index (χ2v) is 7.38. The molecule has 0 aliphatic heterocycles. The van der Waals surface area contributed by atoms with E-state index in [1.807, 2.05) is 24.3 Å². The number of nitrogens with one attached hydrogen (secondary N) is 1. The Bertz CT molecular complexity index is 746. The Balaban J connectivity index is 1.90. The van der Waals surface area contributed by atoms with Crippen LogP contribution in [0.2, 0.25) is 0 Å². The van der Waals surface area contributed by atoms with E-state index in [1.165, 1.54) is 11.8 Å². The van der Waals surface area contributed by atoms with Crippen LogP contribution in [-0.4, -0.2) is 30.1 Å². The molecule has 0 aliphatic rings. The van der Waals surface area contributed by atoms with Gasteiger partial charge in [0.05, 0.1) is 11.4 Å². The maximum atomic E-state index is 12.0. The first-order chi connectivity index (χ1) is 11.5. The summed E-state index contributed by atoms with van der Waals surface area (Å²) in [6.45, 7) is -0.496. The number of rotatable bonds is 7. The van der Waals surface area contributed by atoms with Gasteiger partial charge in [0, 0.05) is 9.37 Å². The lowest BCUT2D eigenvalue weighted by Gasteiger charge is -2.06. The summed E-state index contributed by atoms with van der Waals surface area (Å²) in [6, 6.07) is 9.20. The smallest absolute Gasteiger partial charge is 0.350 e. The second kappa shape index (κ2) is 8.86. The predicted molar refractivity (Wildman–Crippen MR) is 97.3 cm³/mol. The van der Waals surface area contributed by atoms with Gasteiger partial charge in [-0.2, -0.15) is 0 Å². The minimum atomic E-state index is -0.739. The molecule has 126 valence electrons. The van der Waals surface area contributed by atoms with E-state index in [0.29, 0.717) is 5.69 Å². The fraction of sp³-hybridized carbons (Fsp3) is 0.133. The number of nitrogens with two attached hydrogens (primary N) is 1. The van der Waals surface area contributed by atoms with E-state index in [2.05, 4.69) is 21.2 Å². The molecule has 0 fully saturated rings. The van der Waals surface area contributed by atoms with Crippen LogP contribution in [0, 0.1) is 0 Å². The molecular formula is C15H13BrN2O4S2. The lowest BCUT2D eigenvalue weighted by Crippen LogP contribution is -2.21. The number of primary amides is 1. The summed E-state index contributed by atoms with van der Waals surface area (Å²) >= 11 is 5.84. The third kappa shape index (κ3) is 5.66. The van der Waals surface area contributed by atoms with Crippen LogP contribution in [0.15, 0.2) is 45.1 Å². The van der Waals surface area contributed by atoms with Crippen molar-refractivity contribution >= 4 is 62.5 Å². The van der Waals surface area contributed by atoms with E-state index in [0.717, 1.165) is 20.7 Å². The number of amides is 2. The first-order valence-corrected chi connectivity index (χ1v) is 9.32. The fourth-order valence-corrected chi connectivity index (χ4v) is 3.34. The Labute approximate surface area is 154 Å². The quantitative estimate of drug-likeness (QED) is 0.521. The normalized spacial score (nSPS) is 10.2. The maximum absolute atomic E-state index is 12.0. The van der Waals surface area contributed by atoms with Crippen molar-refractivity contribution in [3.63, 3.8) is 0 Å². The van der Waals surface area contributed by atoms with Gasteiger partial charge in [0.2, 0.25) is 5.91 Å². The van der Waals surface area contributed by atoms with Crippen molar-refractivity contribution in [1.82, 2.24) is 0 Å². The minimum absolute atomic E-state index is 0.202. The zero-order valence-corrected chi connectivity index (χ0v) is 15.5. The standard InChI is InChI=1S/C15H13BrN2O4S2/c16-9-1-3-10(4-2-9)24-8-13(20)18-11-5-6-23-14(11)15(21)22-7-12(17)19/h1-6H,7-8H2,(H2,17,19)(H,18,20). The number of esters is 1. The number of hydrogen-bond donors (Lipinski definition) is 2. The van der Waals surface area contributed by atoms with Crippen molar-refractivity contribution in [2.75, 3.05) is 17.7 Å². The Morgan fingerprint density at radius 3 is 2.58 bits per heavy atom. The zero-order chi connectivity index (χ0) is 17.5. The van der Waals surface area contributed by atoms with Crippen LogP contribution >= 0.6 is 39.0 Å². The number of anilines is 1. The van der Waals surface area contributed by atoms with Crippen LogP contribution in [0.3, 0.4) is 0 Å². The molecule has 24 heavy (non-hydrogen) atoms. The van der Waals surface area contributed by atoms with E-state index in [-0.39, 0.29) is 16.5 Å². The molecule has 2 rings (SSSR count). The highest BCUT2D eigenvalue weighted by atomic mass is 79.9. The van der Waals surface area contributed by atoms with Gasteiger partial charge in [0.1, 0.15) is 4.88 Å². The van der Waals surface area contributed by atoms with Gasteiger partial charge in [-0.15, -0.1) is 23.1 Å². The highest BCUT2D eigenvalue weighted by molar-refractivity contribution is 9.10. The number of benzene rings is 1. The van der Waals surface area contributed by atoms with Gasteiger partial charge in [-0.05, 0) is 35.7 Å². The number of carbonyl (C=O) groups excluding carboxylic acids is 3. The molecule has 1 heterocycles. The second-order valence-electron chi connectivity index (χ2n) is 4.50. The Hall–Kier alpha value is -1.84. The summed E-state index contributed by atoms with van der Waals surface area (Å²) in [6.07, 6.45) is 0. The third-order valence-electron chi connectivity index (χ3n) is 2.65. The van der Waals surface area contributed by atoms with Crippen molar-refractivity contribution in [2.45, 2.75) is 4.90 Å². The van der Waals surface area contributed by atoms with Crippen molar-refractivity contribution in [2.24, 2.45) is 5.73 Å². The molecule has 0 radical (unpaired) electrons. The number of halogens is 1. The molecule has 0 unspecified atom stereocenters. The first-order valence-electron chi connectivity index (χ1n) is 6.67. The lowest BCUT2D eigenvalue weighted by molar-refractivity contribution is -0.121. The molecule has 2 amide bonds. The summed E-state index contributed by atoms with van der Waals surface area (Å²) in [5.74, 6) is -1.48. The summed E-state index contributed by atoms with van der Waals surface area (Å²) in [5, 5.41) is 4.32. The number of thiophene rings is 1. The summed E-state index contributed by atoms with van der Waals surface area (Å²) in [5.41, 5.74) is 5.29. The fourth-order valence-electron chi connectivity index (χ4n) is 1.63. The average Bonchev–Trinajstić information content (AvgIpc) is 3.00. The maximum Gasteiger partial charge on any atom is 0.350 e. The summed E-state index contributed by atoms with van der Waals surface area (Å²) in [7, 11) is 0. The van der Waals surface area contributed by atoms with Crippen LogP contribution in [0.4, 0.5) is 5.69 Å². The average molecular weight is 429 g/mol. The Kier molecular flexibility index (Phi) is 6.83.